The largest absolute Gasteiger partial charge is 0.496 e. The number of guanidine groups is 1. The number of nitrogens with one attached hydrogen (secondary N) is 2. The number of ether oxygens (including phenoxy) is 2. The Hall–Kier alpha value is -1.81. The van der Waals surface area contributed by atoms with Gasteiger partial charge in [0.15, 0.2) is 5.96 Å². The lowest BCUT2D eigenvalue weighted by Gasteiger charge is -2.39. The van der Waals surface area contributed by atoms with Gasteiger partial charge in [-0.3, -0.25) is 4.99 Å². The van der Waals surface area contributed by atoms with E-state index in [0.717, 1.165) is 74.2 Å². The molecule has 0 atom stereocenters. The summed E-state index contributed by atoms with van der Waals surface area (Å²) in [5, 5.41) is 11.2. The van der Waals surface area contributed by atoms with E-state index in [0.29, 0.717) is 6.54 Å². The second-order valence-electron chi connectivity index (χ2n) is 8.11. The number of rotatable bonds is 8. The van der Waals surface area contributed by atoms with Gasteiger partial charge < -0.3 is 24.6 Å². The molecule has 0 spiro atoms. The third kappa shape index (κ3) is 5.95. The normalized spacial score (nSPS) is 15.7. The molecule has 7 nitrogen and oxygen atoms in total. The van der Waals surface area contributed by atoms with Crippen LogP contribution in [0.2, 0.25) is 0 Å². The number of nitrogens with zero attached hydrogens (tertiary/aromatic N) is 2. The summed E-state index contributed by atoms with van der Waals surface area (Å²) in [5.74, 6) is 2.63. The first kappa shape index (κ1) is 26.4. The first-order valence-electron chi connectivity index (χ1n) is 11.2. The molecule has 1 fully saturated rings. The molecule has 178 valence electrons. The topological polar surface area (TPSA) is 80.9 Å². The summed E-state index contributed by atoms with van der Waals surface area (Å²) >= 11 is 0. The minimum atomic E-state index is -0.0758. The predicted molar refractivity (Wildman–Crippen MR) is 138 cm³/mol. The van der Waals surface area contributed by atoms with Gasteiger partial charge in [0.05, 0.1) is 12.8 Å². The molecule has 1 aromatic carbocycles. The minimum Gasteiger partial charge on any atom is -0.496 e. The van der Waals surface area contributed by atoms with Crippen LogP contribution in [0.25, 0.3) is 0 Å². The number of aryl methyl sites for hydroxylation is 3. The first-order valence-corrected chi connectivity index (χ1v) is 11.2. The number of hydrogen-bond donors (Lipinski definition) is 2. The number of halogens is 1. The number of benzene rings is 1. The van der Waals surface area contributed by atoms with E-state index in [4.69, 9.17) is 14.0 Å². The molecule has 1 aromatic heterocycles. The van der Waals surface area contributed by atoms with Crippen molar-refractivity contribution in [3.63, 3.8) is 0 Å². The van der Waals surface area contributed by atoms with Crippen molar-refractivity contribution < 1.29 is 14.0 Å². The molecular formula is C24H37IN4O3. The van der Waals surface area contributed by atoms with Gasteiger partial charge in [-0.1, -0.05) is 36.7 Å². The Morgan fingerprint density at radius 1 is 1.19 bits per heavy atom. The van der Waals surface area contributed by atoms with Gasteiger partial charge in [0.1, 0.15) is 11.5 Å². The lowest BCUT2D eigenvalue weighted by atomic mass is 9.73. The maximum absolute atomic E-state index is 5.73. The third-order valence-electron chi connectivity index (χ3n) is 6.23. The smallest absolute Gasteiger partial charge is 0.191 e. The van der Waals surface area contributed by atoms with Crippen molar-refractivity contribution in [1.29, 1.82) is 0 Å². The minimum absolute atomic E-state index is 0. The van der Waals surface area contributed by atoms with Gasteiger partial charge in [-0.25, -0.2) is 0 Å². The Morgan fingerprint density at radius 3 is 2.56 bits per heavy atom. The molecule has 1 saturated heterocycles. The molecule has 2 heterocycles. The molecule has 0 unspecified atom stereocenters. The van der Waals surface area contributed by atoms with Gasteiger partial charge in [-0.2, -0.15) is 0 Å². The van der Waals surface area contributed by atoms with Crippen LogP contribution in [0.5, 0.6) is 5.75 Å². The van der Waals surface area contributed by atoms with Crippen LogP contribution >= 0.6 is 24.0 Å². The predicted octanol–water partition coefficient (Wildman–Crippen LogP) is 4.15. The summed E-state index contributed by atoms with van der Waals surface area (Å²) < 4.78 is 16.9. The summed E-state index contributed by atoms with van der Waals surface area (Å²) in [6.07, 6.45) is 3.54. The lowest BCUT2D eigenvalue weighted by Crippen LogP contribution is -2.48. The second kappa shape index (κ2) is 12.4. The van der Waals surface area contributed by atoms with Crippen LogP contribution in [0, 0.1) is 6.92 Å². The van der Waals surface area contributed by atoms with Crippen LogP contribution < -0.4 is 15.4 Å². The summed E-state index contributed by atoms with van der Waals surface area (Å²) in [7, 11) is 3.54. The average Bonchev–Trinajstić information content (AvgIpc) is 3.21. The van der Waals surface area contributed by atoms with Crippen LogP contribution in [0.4, 0.5) is 0 Å². The molecule has 3 rings (SSSR count). The average molecular weight is 556 g/mol. The highest BCUT2D eigenvalue weighted by Gasteiger charge is 2.37. The molecule has 0 aliphatic carbocycles. The van der Waals surface area contributed by atoms with Crippen molar-refractivity contribution in [3.8, 4) is 5.75 Å². The zero-order valence-corrected chi connectivity index (χ0v) is 22.2. The molecule has 0 radical (unpaired) electrons. The highest BCUT2D eigenvalue weighted by molar-refractivity contribution is 14.0. The van der Waals surface area contributed by atoms with Crippen LogP contribution in [0.1, 0.15) is 54.8 Å². The van der Waals surface area contributed by atoms with Crippen molar-refractivity contribution in [1.82, 2.24) is 15.8 Å². The van der Waals surface area contributed by atoms with Crippen LogP contribution in [-0.4, -0.2) is 45.0 Å². The van der Waals surface area contributed by atoms with Gasteiger partial charge in [0.25, 0.3) is 0 Å². The van der Waals surface area contributed by atoms with Crippen LogP contribution in [0.15, 0.2) is 27.7 Å². The zero-order chi connectivity index (χ0) is 22.3. The Kier molecular flexibility index (Phi) is 10.3. The van der Waals surface area contributed by atoms with E-state index in [1.807, 2.05) is 0 Å². The summed E-state index contributed by atoms with van der Waals surface area (Å²) in [4.78, 5) is 4.45. The van der Waals surface area contributed by atoms with Gasteiger partial charge in [0, 0.05) is 56.3 Å². The Bertz CT molecular complexity index is 870. The van der Waals surface area contributed by atoms with Gasteiger partial charge in [-0.15, -0.1) is 24.0 Å². The van der Waals surface area contributed by atoms with Crippen molar-refractivity contribution in [2.24, 2.45) is 4.99 Å². The van der Waals surface area contributed by atoms with Crippen molar-refractivity contribution in [2.45, 2.75) is 58.4 Å². The number of aliphatic imine (C=N–C) groups is 1. The Labute approximate surface area is 208 Å². The van der Waals surface area contributed by atoms with E-state index in [-0.39, 0.29) is 29.4 Å². The van der Waals surface area contributed by atoms with Crippen molar-refractivity contribution in [3.05, 3.63) is 46.3 Å². The van der Waals surface area contributed by atoms with E-state index < -0.39 is 0 Å². The van der Waals surface area contributed by atoms with Crippen molar-refractivity contribution in [2.75, 3.05) is 33.9 Å². The fraction of sp³-hybridized carbons (Fsp3) is 0.583. The molecule has 1 aliphatic rings. The van der Waals surface area contributed by atoms with E-state index in [1.54, 1.807) is 14.2 Å². The molecule has 2 aromatic rings. The molecule has 8 heteroatoms. The van der Waals surface area contributed by atoms with Gasteiger partial charge in [0.2, 0.25) is 0 Å². The molecule has 0 amide bonds. The first-order chi connectivity index (χ1) is 15.1. The molecule has 1 aliphatic heterocycles. The van der Waals surface area contributed by atoms with Gasteiger partial charge in [-0.05, 0) is 32.3 Å². The Balaban J connectivity index is 0.00000363. The quantitative estimate of drug-likeness (QED) is 0.289. The molecule has 0 bridgehead atoms. The fourth-order valence-corrected chi connectivity index (χ4v) is 4.32. The van der Waals surface area contributed by atoms with E-state index in [2.05, 4.69) is 59.8 Å². The van der Waals surface area contributed by atoms with E-state index in [9.17, 15) is 0 Å². The number of aromatic nitrogens is 1. The molecule has 0 saturated carbocycles. The molecular weight excluding hydrogens is 519 g/mol. The van der Waals surface area contributed by atoms with Crippen LogP contribution in [0.3, 0.4) is 0 Å². The Morgan fingerprint density at radius 2 is 1.94 bits per heavy atom. The second-order valence-corrected chi connectivity index (χ2v) is 8.11. The van der Waals surface area contributed by atoms with Gasteiger partial charge >= 0.3 is 0 Å². The monoisotopic (exact) mass is 556 g/mol. The molecule has 2 N–H and O–H groups in total. The number of hydrogen-bond acceptors (Lipinski definition) is 5. The van der Waals surface area contributed by atoms with Crippen molar-refractivity contribution >= 4 is 29.9 Å². The summed E-state index contributed by atoms with van der Waals surface area (Å²) in [6.45, 7) is 9.18. The van der Waals surface area contributed by atoms with Crippen LogP contribution in [-0.2, 0) is 29.5 Å². The molecule has 32 heavy (non-hydrogen) atoms. The highest BCUT2D eigenvalue weighted by atomic mass is 127. The van der Waals surface area contributed by atoms with E-state index >= 15 is 0 Å². The van der Waals surface area contributed by atoms with E-state index in [1.165, 1.54) is 11.1 Å². The standard InChI is InChI=1S/C24H36N4O3.HI/c1-6-20-18(21(7-2)31-28-20)15-26-23(25-4)27-16-24(10-12-30-13-11-24)19-14-17(3)8-9-22(19)29-5;/h8-9,14H,6-7,10-13,15-16H2,1-5H3,(H2,25,26,27);1H. The number of methoxy groups -OCH3 is 1. The summed E-state index contributed by atoms with van der Waals surface area (Å²) in [6, 6.07) is 6.42. The maximum Gasteiger partial charge on any atom is 0.191 e. The lowest BCUT2D eigenvalue weighted by molar-refractivity contribution is 0.0505. The highest BCUT2D eigenvalue weighted by Crippen LogP contribution is 2.40. The summed E-state index contributed by atoms with van der Waals surface area (Å²) in [5.41, 5.74) is 4.53. The fourth-order valence-electron chi connectivity index (χ4n) is 4.32. The third-order valence-corrected chi connectivity index (χ3v) is 6.23. The SMILES string of the molecule is CCc1noc(CC)c1CNC(=NC)NCC1(c2cc(C)ccc2OC)CCOCC1.I. The maximum atomic E-state index is 5.73. The zero-order valence-electron chi connectivity index (χ0n) is 19.9.